The number of hydrogen-bond acceptors (Lipinski definition) is 5. The van der Waals surface area contributed by atoms with Gasteiger partial charge in [-0.15, -0.1) is 0 Å². The maximum atomic E-state index is 7.44. The van der Waals surface area contributed by atoms with Crippen LogP contribution in [-0.4, -0.2) is 24.1 Å². The summed E-state index contributed by atoms with van der Waals surface area (Å²) in [6, 6.07) is 73.5. The molecule has 83 heavy (non-hydrogen) atoms. The molecule has 0 unspecified atom stereocenters. The van der Waals surface area contributed by atoms with Crippen LogP contribution in [0.25, 0.3) is 122 Å². The minimum absolute atomic E-state index is 0.181. The van der Waals surface area contributed by atoms with Gasteiger partial charge in [0, 0.05) is 38.2 Å². The summed E-state index contributed by atoms with van der Waals surface area (Å²) in [4.78, 5) is 16.2. The van der Waals surface area contributed by atoms with Crippen molar-refractivity contribution in [1.29, 1.82) is 0 Å². The molecule has 0 saturated heterocycles. The van der Waals surface area contributed by atoms with Gasteiger partial charge in [-0.2, -0.15) is 0 Å². The topological polar surface area (TPSA) is 70.9 Å². The number of benzene rings is 10. The van der Waals surface area contributed by atoms with Gasteiger partial charge in [0.15, 0.2) is 0 Å². The van der Waals surface area contributed by atoms with Gasteiger partial charge in [0.2, 0.25) is 0 Å². The van der Waals surface area contributed by atoms with Crippen LogP contribution in [-0.2, 0) is 0 Å². The molecule has 0 spiro atoms. The second-order valence-electron chi connectivity index (χ2n) is 23.5. The number of aromatic nitrogens is 5. The summed E-state index contributed by atoms with van der Waals surface area (Å²) >= 11 is 0. The molecule has 0 saturated carbocycles. The molecule has 0 aliphatic rings. The van der Waals surface area contributed by atoms with Crippen LogP contribution in [0, 0.1) is 6.92 Å². The number of furan rings is 1. The molecular weight excluding hydrogens is 1010 g/mol. The van der Waals surface area contributed by atoms with E-state index in [1.165, 1.54) is 50.2 Å². The van der Waals surface area contributed by atoms with Gasteiger partial charge in [-0.3, -0.25) is 14.1 Å². The molecule has 0 fully saturated rings. The van der Waals surface area contributed by atoms with Crippen LogP contribution in [0.4, 0.5) is 0 Å². The summed E-state index contributed by atoms with van der Waals surface area (Å²) in [6.45, 7) is 20.5. The van der Waals surface area contributed by atoms with Crippen LogP contribution in [0.1, 0.15) is 107 Å². The van der Waals surface area contributed by atoms with E-state index in [-0.39, 0.29) is 23.7 Å². The van der Waals surface area contributed by atoms with Gasteiger partial charge >= 0.3 is 0 Å². The lowest BCUT2D eigenvalue weighted by molar-refractivity contribution is 0.483. The molecule has 7 heteroatoms. The minimum Gasteiger partial charge on any atom is -0.457 e. The smallest absolute Gasteiger partial charge is 0.149 e. The number of pyridine rings is 1. The first-order valence-corrected chi connectivity index (χ1v) is 29.3. The fourth-order valence-corrected chi connectivity index (χ4v) is 12.7. The number of imidazole rings is 2. The predicted octanol–water partition coefficient (Wildman–Crippen LogP) is 21.2. The number of aryl methyl sites for hydroxylation is 1. The van der Waals surface area contributed by atoms with Crippen LogP contribution in [0.15, 0.2) is 211 Å². The van der Waals surface area contributed by atoms with Gasteiger partial charge in [0.1, 0.15) is 34.3 Å². The Morgan fingerprint density at radius 1 is 0.361 bits per heavy atom. The molecular formula is C76H65N5O2. The zero-order valence-electron chi connectivity index (χ0n) is 48.5. The Balaban J connectivity index is 1.00. The first kappa shape index (κ1) is 51.5. The first-order valence-electron chi connectivity index (χ1n) is 29.3. The molecule has 406 valence electrons. The maximum absolute atomic E-state index is 7.44. The summed E-state index contributed by atoms with van der Waals surface area (Å²) in [5.41, 5.74) is 21.2. The van der Waals surface area contributed by atoms with E-state index in [0.29, 0.717) is 11.5 Å². The summed E-state index contributed by atoms with van der Waals surface area (Å²) in [5, 5.41) is 5.05. The molecule has 10 aromatic carbocycles. The molecule has 4 aromatic heterocycles. The molecule has 0 atom stereocenters. The Kier molecular flexibility index (Phi) is 12.7. The van der Waals surface area contributed by atoms with Crippen molar-refractivity contribution in [2.24, 2.45) is 0 Å². The molecule has 14 aromatic rings. The van der Waals surface area contributed by atoms with E-state index in [9.17, 15) is 0 Å². The van der Waals surface area contributed by atoms with Crippen molar-refractivity contribution in [2.45, 2.75) is 86.0 Å². The van der Waals surface area contributed by atoms with Crippen molar-refractivity contribution in [2.75, 3.05) is 0 Å². The van der Waals surface area contributed by atoms with Gasteiger partial charge in [0.05, 0.1) is 44.5 Å². The molecule has 0 N–H and O–H groups in total. The molecule has 0 radical (unpaired) electrons. The zero-order chi connectivity index (χ0) is 56.8. The van der Waals surface area contributed by atoms with Gasteiger partial charge in [-0.25, -0.2) is 9.97 Å². The number of hydrogen-bond donors (Lipinski definition) is 0. The number of nitrogens with zero attached hydrogens (tertiary/aromatic N) is 5. The van der Waals surface area contributed by atoms with Crippen LogP contribution >= 0.6 is 0 Å². The van der Waals surface area contributed by atoms with Gasteiger partial charge in [0.25, 0.3) is 0 Å². The van der Waals surface area contributed by atoms with E-state index in [4.69, 9.17) is 24.1 Å². The monoisotopic (exact) mass is 1080 g/mol. The van der Waals surface area contributed by atoms with Crippen LogP contribution in [0.2, 0.25) is 0 Å². The van der Waals surface area contributed by atoms with Crippen molar-refractivity contribution in [3.05, 3.63) is 234 Å². The van der Waals surface area contributed by atoms with E-state index < -0.39 is 0 Å². The van der Waals surface area contributed by atoms with Crippen molar-refractivity contribution in [3.8, 4) is 67.9 Å². The summed E-state index contributed by atoms with van der Waals surface area (Å²) in [7, 11) is 0. The predicted molar refractivity (Wildman–Crippen MR) is 345 cm³/mol. The number of para-hydroxylation sites is 5. The van der Waals surface area contributed by atoms with E-state index >= 15 is 0 Å². The Morgan fingerprint density at radius 3 is 1.41 bits per heavy atom. The average molecular weight is 1080 g/mol. The second-order valence-corrected chi connectivity index (χ2v) is 23.5. The quantitative estimate of drug-likeness (QED) is 0.114. The van der Waals surface area contributed by atoms with E-state index in [1.54, 1.807) is 0 Å². The Labute approximate surface area is 484 Å². The second kappa shape index (κ2) is 20.4. The van der Waals surface area contributed by atoms with Crippen molar-refractivity contribution in [1.82, 2.24) is 24.1 Å². The Hall–Kier alpha value is -9.59. The lowest BCUT2D eigenvalue weighted by Crippen LogP contribution is -2.09. The fraction of sp³-hybridized carbons (Fsp3) is 0.171. The van der Waals surface area contributed by atoms with Crippen LogP contribution in [0.5, 0.6) is 11.5 Å². The highest BCUT2D eigenvalue weighted by Crippen LogP contribution is 2.48. The zero-order valence-corrected chi connectivity index (χ0v) is 48.5. The SMILES string of the molecule is Cc1nc2ccccc2c2c1ccc1c3cc(Oc4cccc(-c5nc6ccccc6n5-c5c(C(C)C)cc(-c6ccccc6)cc5C(C)C)c4)cc(-c4nc5ccccc5n4-c4c(C(C)C)cc(-c5ccccc5)cc4C(C)C)c3oc12. The minimum atomic E-state index is 0.181. The van der Waals surface area contributed by atoms with E-state index in [2.05, 4.69) is 272 Å². The number of ether oxygens (including phenoxy) is 1. The maximum Gasteiger partial charge on any atom is 0.149 e. The first-order chi connectivity index (χ1) is 40.4. The molecule has 0 amide bonds. The lowest BCUT2D eigenvalue weighted by atomic mass is 9.88. The highest BCUT2D eigenvalue weighted by atomic mass is 16.5. The summed E-state index contributed by atoms with van der Waals surface area (Å²) in [5.74, 6) is 3.77. The van der Waals surface area contributed by atoms with Crippen LogP contribution < -0.4 is 4.74 Å². The van der Waals surface area contributed by atoms with E-state index in [0.717, 1.165) is 99.8 Å². The summed E-state index contributed by atoms with van der Waals surface area (Å²) in [6.07, 6.45) is 0. The molecule has 4 heterocycles. The van der Waals surface area contributed by atoms with Gasteiger partial charge in [-0.05, 0) is 160 Å². The van der Waals surface area contributed by atoms with Gasteiger partial charge in [-0.1, -0.05) is 177 Å². The standard InChI is InChI=1S/C76H65N5O2/c1-44(2)59-38-52(49-23-12-10-13-24-49)39-60(45(3)4)71(59)80-68-33-20-18-31-66(68)78-75(80)51-27-22-28-54(37-51)82-55-42-63-57-36-35-56-48(9)77-65-30-17-16-29-58(65)70(56)74(57)83-73(63)64(43-55)76-79-67-32-19-21-34-69(67)81(76)72-61(46(5)6)40-53(41-62(72)47(7)8)50-25-14-11-15-26-50/h10-47H,1-9H3. The largest absolute Gasteiger partial charge is 0.457 e. The molecule has 0 bridgehead atoms. The number of fused-ring (bicyclic) bond motifs is 9. The lowest BCUT2D eigenvalue weighted by Gasteiger charge is -2.24. The van der Waals surface area contributed by atoms with Crippen molar-refractivity contribution in [3.63, 3.8) is 0 Å². The van der Waals surface area contributed by atoms with E-state index in [1.807, 2.05) is 6.07 Å². The third kappa shape index (κ3) is 8.76. The van der Waals surface area contributed by atoms with Crippen molar-refractivity contribution < 1.29 is 9.15 Å². The molecule has 0 aliphatic heterocycles. The third-order valence-electron chi connectivity index (χ3n) is 16.7. The fourth-order valence-electron chi connectivity index (χ4n) is 12.7. The normalized spacial score (nSPS) is 12.1. The third-order valence-corrected chi connectivity index (χ3v) is 16.7. The number of rotatable bonds is 12. The van der Waals surface area contributed by atoms with Gasteiger partial charge < -0.3 is 9.15 Å². The molecule has 7 nitrogen and oxygen atoms in total. The van der Waals surface area contributed by atoms with Crippen molar-refractivity contribution >= 4 is 65.7 Å². The highest BCUT2D eigenvalue weighted by molar-refractivity contribution is 6.24. The molecule has 0 aliphatic carbocycles. The molecule has 14 rings (SSSR count). The summed E-state index contributed by atoms with van der Waals surface area (Å²) < 4.78 is 19.5. The van der Waals surface area contributed by atoms with Crippen LogP contribution in [0.3, 0.4) is 0 Å². The highest BCUT2D eigenvalue weighted by Gasteiger charge is 2.29. The Bertz CT molecular complexity index is 4790. The Morgan fingerprint density at radius 2 is 0.843 bits per heavy atom. The average Bonchev–Trinajstić information content (AvgIpc) is 2.70.